The standard InChI is InChI=1S/C10H17N3/c1-2-7-3-4-8(12)5-9(7)10(13)6-11/h3-5,10H,2,6,11-13H2,1H3/t10-/m1/s1. The van der Waals surface area contributed by atoms with Gasteiger partial charge in [0.1, 0.15) is 0 Å². The molecule has 0 aromatic heterocycles. The molecule has 6 N–H and O–H groups in total. The van der Waals surface area contributed by atoms with Gasteiger partial charge in [0.2, 0.25) is 0 Å². The monoisotopic (exact) mass is 179 g/mol. The van der Waals surface area contributed by atoms with E-state index in [9.17, 15) is 0 Å². The fraction of sp³-hybridized carbons (Fsp3) is 0.400. The quantitative estimate of drug-likeness (QED) is 0.600. The van der Waals surface area contributed by atoms with Crippen LogP contribution in [0.1, 0.15) is 24.1 Å². The van der Waals surface area contributed by atoms with Gasteiger partial charge < -0.3 is 17.2 Å². The third-order valence-electron chi connectivity index (χ3n) is 2.20. The van der Waals surface area contributed by atoms with Crippen LogP contribution in [0.5, 0.6) is 0 Å². The van der Waals surface area contributed by atoms with E-state index in [0.717, 1.165) is 17.7 Å². The van der Waals surface area contributed by atoms with Gasteiger partial charge in [-0.1, -0.05) is 13.0 Å². The van der Waals surface area contributed by atoms with Gasteiger partial charge in [-0.25, -0.2) is 0 Å². The molecular formula is C10H17N3. The molecule has 0 bridgehead atoms. The highest BCUT2D eigenvalue weighted by molar-refractivity contribution is 5.46. The predicted octanol–water partition coefficient (Wildman–Crippen LogP) is 0.790. The zero-order chi connectivity index (χ0) is 9.84. The van der Waals surface area contributed by atoms with Crippen LogP contribution in [0, 0.1) is 0 Å². The number of nitrogen functional groups attached to an aromatic ring is 1. The Bertz CT molecular complexity index is 283. The Labute approximate surface area is 78.9 Å². The summed E-state index contributed by atoms with van der Waals surface area (Å²) in [6, 6.07) is 5.72. The maximum atomic E-state index is 5.86. The van der Waals surface area contributed by atoms with E-state index in [0.29, 0.717) is 6.54 Å². The molecule has 0 aliphatic heterocycles. The zero-order valence-corrected chi connectivity index (χ0v) is 7.96. The minimum Gasteiger partial charge on any atom is -0.399 e. The van der Waals surface area contributed by atoms with Gasteiger partial charge in [0, 0.05) is 18.3 Å². The summed E-state index contributed by atoms with van der Waals surface area (Å²) in [5, 5.41) is 0. The summed E-state index contributed by atoms with van der Waals surface area (Å²) in [7, 11) is 0. The van der Waals surface area contributed by atoms with E-state index in [1.54, 1.807) is 0 Å². The Hall–Kier alpha value is -1.06. The molecule has 72 valence electrons. The molecule has 0 spiro atoms. The topological polar surface area (TPSA) is 78.1 Å². The number of nitrogens with two attached hydrogens (primary N) is 3. The minimum atomic E-state index is -0.0987. The molecule has 13 heavy (non-hydrogen) atoms. The Kier molecular flexibility index (Phi) is 3.28. The molecule has 1 rings (SSSR count). The van der Waals surface area contributed by atoms with Crippen LogP contribution in [0.3, 0.4) is 0 Å². The van der Waals surface area contributed by atoms with Crippen LogP contribution in [-0.4, -0.2) is 6.54 Å². The van der Waals surface area contributed by atoms with Crippen molar-refractivity contribution in [2.24, 2.45) is 11.5 Å². The van der Waals surface area contributed by atoms with Crippen molar-refractivity contribution in [2.75, 3.05) is 12.3 Å². The van der Waals surface area contributed by atoms with E-state index in [2.05, 4.69) is 6.92 Å². The maximum absolute atomic E-state index is 5.86. The normalized spacial score (nSPS) is 12.8. The van der Waals surface area contributed by atoms with Crippen LogP contribution < -0.4 is 17.2 Å². The molecule has 0 radical (unpaired) electrons. The van der Waals surface area contributed by atoms with Crippen molar-refractivity contribution < 1.29 is 0 Å². The highest BCUT2D eigenvalue weighted by Crippen LogP contribution is 2.19. The highest BCUT2D eigenvalue weighted by atomic mass is 14.7. The van der Waals surface area contributed by atoms with Crippen LogP contribution in [0.15, 0.2) is 18.2 Å². The third-order valence-corrected chi connectivity index (χ3v) is 2.20. The van der Waals surface area contributed by atoms with E-state index < -0.39 is 0 Å². The van der Waals surface area contributed by atoms with E-state index in [1.165, 1.54) is 5.56 Å². The second kappa shape index (κ2) is 4.25. The Morgan fingerprint density at radius 1 is 1.38 bits per heavy atom. The number of hydrogen-bond acceptors (Lipinski definition) is 3. The summed E-state index contributed by atoms with van der Waals surface area (Å²) in [6.45, 7) is 2.55. The lowest BCUT2D eigenvalue weighted by atomic mass is 9.98. The van der Waals surface area contributed by atoms with E-state index in [4.69, 9.17) is 17.2 Å². The Balaban J connectivity index is 3.07. The first-order chi connectivity index (χ1) is 6.19. The summed E-state index contributed by atoms with van der Waals surface area (Å²) in [4.78, 5) is 0. The molecule has 1 atom stereocenters. The zero-order valence-electron chi connectivity index (χ0n) is 7.96. The Morgan fingerprint density at radius 3 is 2.62 bits per heavy atom. The van der Waals surface area contributed by atoms with Crippen LogP contribution in [0.4, 0.5) is 5.69 Å². The average Bonchev–Trinajstić information content (AvgIpc) is 2.16. The minimum absolute atomic E-state index is 0.0987. The van der Waals surface area contributed by atoms with Crippen LogP contribution in [0.2, 0.25) is 0 Å². The molecule has 0 aliphatic rings. The van der Waals surface area contributed by atoms with Crippen molar-refractivity contribution in [1.82, 2.24) is 0 Å². The molecule has 0 saturated carbocycles. The molecule has 3 heteroatoms. The van der Waals surface area contributed by atoms with Gasteiger partial charge in [0.15, 0.2) is 0 Å². The van der Waals surface area contributed by atoms with E-state index in [1.807, 2.05) is 18.2 Å². The lowest BCUT2D eigenvalue weighted by Gasteiger charge is -2.14. The molecule has 0 saturated heterocycles. The first-order valence-electron chi connectivity index (χ1n) is 4.53. The molecule has 1 aromatic rings. The number of hydrogen-bond donors (Lipinski definition) is 3. The molecular weight excluding hydrogens is 162 g/mol. The molecule has 0 heterocycles. The Morgan fingerprint density at radius 2 is 2.08 bits per heavy atom. The summed E-state index contributed by atoms with van der Waals surface area (Å²) in [5.41, 5.74) is 20.1. The fourth-order valence-corrected chi connectivity index (χ4v) is 1.41. The van der Waals surface area contributed by atoms with Crippen molar-refractivity contribution in [2.45, 2.75) is 19.4 Å². The van der Waals surface area contributed by atoms with Gasteiger partial charge in [0.25, 0.3) is 0 Å². The van der Waals surface area contributed by atoms with Crippen molar-refractivity contribution in [3.8, 4) is 0 Å². The predicted molar refractivity (Wildman–Crippen MR) is 56.2 cm³/mol. The smallest absolute Gasteiger partial charge is 0.0423 e. The van der Waals surface area contributed by atoms with Gasteiger partial charge in [0.05, 0.1) is 0 Å². The summed E-state index contributed by atoms with van der Waals surface area (Å²) >= 11 is 0. The van der Waals surface area contributed by atoms with Gasteiger partial charge in [-0.15, -0.1) is 0 Å². The van der Waals surface area contributed by atoms with Gasteiger partial charge in [-0.2, -0.15) is 0 Å². The first kappa shape index (κ1) is 10.0. The van der Waals surface area contributed by atoms with Crippen molar-refractivity contribution in [3.05, 3.63) is 29.3 Å². The molecule has 0 amide bonds. The summed E-state index contributed by atoms with van der Waals surface area (Å²) < 4.78 is 0. The van der Waals surface area contributed by atoms with Crippen LogP contribution in [-0.2, 0) is 6.42 Å². The van der Waals surface area contributed by atoms with Crippen molar-refractivity contribution in [1.29, 1.82) is 0 Å². The van der Waals surface area contributed by atoms with E-state index >= 15 is 0 Å². The van der Waals surface area contributed by atoms with Crippen molar-refractivity contribution in [3.63, 3.8) is 0 Å². The molecule has 1 aromatic carbocycles. The van der Waals surface area contributed by atoms with Gasteiger partial charge in [-0.05, 0) is 29.7 Å². The fourth-order valence-electron chi connectivity index (χ4n) is 1.41. The third kappa shape index (κ3) is 2.20. The van der Waals surface area contributed by atoms with Gasteiger partial charge in [-0.3, -0.25) is 0 Å². The largest absolute Gasteiger partial charge is 0.399 e. The maximum Gasteiger partial charge on any atom is 0.0423 e. The highest BCUT2D eigenvalue weighted by Gasteiger charge is 2.08. The first-order valence-corrected chi connectivity index (χ1v) is 4.53. The second-order valence-electron chi connectivity index (χ2n) is 3.15. The van der Waals surface area contributed by atoms with Crippen LogP contribution in [0.25, 0.3) is 0 Å². The molecule has 3 nitrogen and oxygen atoms in total. The lowest BCUT2D eigenvalue weighted by molar-refractivity contribution is 0.727. The number of anilines is 1. The van der Waals surface area contributed by atoms with Crippen LogP contribution >= 0.6 is 0 Å². The molecule has 0 fully saturated rings. The molecule has 0 unspecified atom stereocenters. The number of benzene rings is 1. The number of aryl methyl sites for hydroxylation is 1. The van der Waals surface area contributed by atoms with Gasteiger partial charge >= 0.3 is 0 Å². The summed E-state index contributed by atoms with van der Waals surface area (Å²) in [5.74, 6) is 0. The molecule has 0 aliphatic carbocycles. The number of rotatable bonds is 3. The SMILES string of the molecule is CCc1ccc(N)cc1[C@H](N)CN. The second-order valence-corrected chi connectivity index (χ2v) is 3.15. The van der Waals surface area contributed by atoms with E-state index in [-0.39, 0.29) is 6.04 Å². The summed E-state index contributed by atoms with van der Waals surface area (Å²) in [6.07, 6.45) is 0.962. The van der Waals surface area contributed by atoms with Crippen molar-refractivity contribution >= 4 is 5.69 Å². The average molecular weight is 179 g/mol. The lowest BCUT2D eigenvalue weighted by Crippen LogP contribution is -2.22.